The first-order valence-electron chi connectivity index (χ1n) is 5.50. The topological polar surface area (TPSA) is 3.24 Å². The molecular weight excluding hydrogens is 341 g/mol. The van der Waals surface area contributed by atoms with Crippen molar-refractivity contribution in [1.82, 2.24) is 0 Å². The minimum absolute atomic E-state index is 1.01. The van der Waals surface area contributed by atoms with Gasteiger partial charge in [-0.3, -0.25) is 0 Å². The highest BCUT2D eigenvalue weighted by Crippen LogP contribution is 2.43. The van der Waals surface area contributed by atoms with Gasteiger partial charge in [0.05, 0.1) is 11.6 Å². The molecule has 0 unspecified atom stereocenters. The van der Waals surface area contributed by atoms with Crippen LogP contribution in [0.4, 0.5) is 11.4 Å². The lowest BCUT2D eigenvalue weighted by atomic mass is 10.2. The summed E-state index contributed by atoms with van der Waals surface area (Å²) in [5, 5.41) is 0. The van der Waals surface area contributed by atoms with Crippen molar-refractivity contribution in [1.29, 1.82) is 0 Å². The molecule has 2 aromatic carbocycles. The number of hydrogen-bond donors (Lipinski definition) is 0. The van der Waals surface area contributed by atoms with Gasteiger partial charge < -0.3 is 4.90 Å². The third-order valence-corrected chi connectivity index (χ3v) is 4.64. The predicted octanol–water partition coefficient (Wildman–Crippen LogP) is 4.80. The van der Waals surface area contributed by atoms with Crippen LogP contribution in [0.25, 0.3) is 0 Å². The molecule has 0 saturated heterocycles. The maximum atomic E-state index is 2.37. The average Bonchev–Trinajstić information content (AvgIpc) is 2.73. The second-order valence-electron chi connectivity index (χ2n) is 4.15. The molecule has 0 aromatic heterocycles. The SMILES string of the molecule is Cc1ccc2c(c1)SCN2c1ccc(I)cc1. The number of thioether (sulfide) groups is 1. The zero-order valence-corrected chi connectivity index (χ0v) is 12.5. The van der Waals surface area contributed by atoms with Gasteiger partial charge in [-0.25, -0.2) is 0 Å². The Morgan fingerprint density at radius 2 is 1.88 bits per heavy atom. The maximum absolute atomic E-state index is 2.37. The molecule has 3 heteroatoms. The second-order valence-corrected chi connectivity index (χ2v) is 6.38. The highest BCUT2D eigenvalue weighted by atomic mass is 127. The van der Waals surface area contributed by atoms with Gasteiger partial charge in [0, 0.05) is 14.2 Å². The molecule has 2 aromatic rings. The lowest BCUT2D eigenvalue weighted by molar-refractivity contribution is 1.17. The molecule has 86 valence electrons. The Hall–Kier alpha value is -0.680. The van der Waals surface area contributed by atoms with Gasteiger partial charge in [-0.2, -0.15) is 0 Å². The standard InChI is InChI=1S/C14H12INS/c1-10-2-7-13-14(8-10)17-9-16(13)12-5-3-11(15)4-6-12/h2-8H,9H2,1H3. The summed E-state index contributed by atoms with van der Waals surface area (Å²) in [5.74, 6) is 1.01. The van der Waals surface area contributed by atoms with Crippen LogP contribution >= 0.6 is 34.4 Å². The molecule has 1 aliphatic rings. The quantitative estimate of drug-likeness (QED) is 0.678. The number of benzene rings is 2. The van der Waals surface area contributed by atoms with Crippen molar-refractivity contribution in [2.75, 3.05) is 10.8 Å². The summed E-state index contributed by atoms with van der Waals surface area (Å²) in [6.07, 6.45) is 0. The van der Waals surface area contributed by atoms with E-state index in [2.05, 4.69) is 76.9 Å². The Morgan fingerprint density at radius 3 is 2.65 bits per heavy atom. The molecule has 0 spiro atoms. The van der Waals surface area contributed by atoms with E-state index in [9.17, 15) is 0 Å². The van der Waals surface area contributed by atoms with E-state index >= 15 is 0 Å². The third-order valence-electron chi connectivity index (χ3n) is 2.89. The van der Waals surface area contributed by atoms with Crippen molar-refractivity contribution < 1.29 is 0 Å². The van der Waals surface area contributed by atoms with Crippen LogP contribution in [0.1, 0.15) is 5.56 Å². The summed E-state index contributed by atoms with van der Waals surface area (Å²) in [6.45, 7) is 2.15. The number of anilines is 2. The monoisotopic (exact) mass is 353 g/mol. The van der Waals surface area contributed by atoms with Gasteiger partial charge in [-0.05, 0) is 71.5 Å². The molecule has 0 bridgehead atoms. The second kappa shape index (κ2) is 4.53. The van der Waals surface area contributed by atoms with Gasteiger partial charge in [-0.1, -0.05) is 6.07 Å². The van der Waals surface area contributed by atoms with Crippen LogP contribution in [0.15, 0.2) is 47.4 Å². The van der Waals surface area contributed by atoms with E-state index in [1.165, 1.54) is 25.4 Å². The fraction of sp³-hybridized carbons (Fsp3) is 0.143. The molecule has 0 fully saturated rings. The normalized spacial score (nSPS) is 13.9. The highest BCUT2D eigenvalue weighted by molar-refractivity contribution is 14.1. The lowest BCUT2D eigenvalue weighted by Gasteiger charge is -2.18. The molecule has 0 saturated carbocycles. The van der Waals surface area contributed by atoms with E-state index in [1.54, 1.807) is 0 Å². The van der Waals surface area contributed by atoms with Crippen molar-refractivity contribution in [2.24, 2.45) is 0 Å². The summed E-state index contributed by atoms with van der Waals surface area (Å²) in [7, 11) is 0. The van der Waals surface area contributed by atoms with Gasteiger partial charge in [0.1, 0.15) is 0 Å². The first-order valence-corrected chi connectivity index (χ1v) is 7.57. The zero-order valence-electron chi connectivity index (χ0n) is 9.48. The number of fused-ring (bicyclic) bond motifs is 1. The van der Waals surface area contributed by atoms with Crippen LogP contribution in [0.2, 0.25) is 0 Å². The van der Waals surface area contributed by atoms with Gasteiger partial charge in [0.25, 0.3) is 0 Å². The van der Waals surface area contributed by atoms with Crippen LogP contribution in [-0.2, 0) is 0 Å². The number of nitrogens with zero attached hydrogens (tertiary/aromatic N) is 1. The molecule has 17 heavy (non-hydrogen) atoms. The molecule has 0 radical (unpaired) electrons. The average molecular weight is 353 g/mol. The summed E-state index contributed by atoms with van der Waals surface area (Å²) in [5.41, 5.74) is 3.95. The minimum atomic E-state index is 1.01. The summed E-state index contributed by atoms with van der Waals surface area (Å²) in [4.78, 5) is 3.76. The van der Waals surface area contributed by atoms with E-state index < -0.39 is 0 Å². The predicted molar refractivity (Wildman–Crippen MR) is 83.2 cm³/mol. The van der Waals surface area contributed by atoms with E-state index in [-0.39, 0.29) is 0 Å². The number of aryl methyl sites for hydroxylation is 1. The Bertz CT molecular complexity index is 551. The van der Waals surface area contributed by atoms with Crippen LogP contribution in [-0.4, -0.2) is 5.88 Å². The molecule has 0 amide bonds. The van der Waals surface area contributed by atoms with Crippen molar-refractivity contribution in [3.8, 4) is 0 Å². The molecule has 0 aliphatic carbocycles. The third kappa shape index (κ3) is 2.18. The first kappa shape index (κ1) is 11.4. The largest absolute Gasteiger partial charge is 0.330 e. The molecule has 0 N–H and O–H groups in total. The van der Waals surface area contributed by atoms with Gasteiger partial charge in [0.15, 0.2) is 0 Å². The molecule has 1 nitrogen and oxygen atoms in total. The Balaban J connectivity index is 2.01. The fourth-order valence-electron chi connectivity index (χ4n) is 2.00. The summed E-state index contributed by atoms with van der Waals surface area (Å²) < 4.78 is 1.28. The highest BCUT2D eigenvalue weighted by Gasteiger charge is 2.20. The molecule has 1 aliphatic heterocycles. The Morgan fingerprint density at radius 1 is 1.12 bits per heavy atom. The van der Waals surface area contributed by atoms with E-state index in [1.807, 2.05) is 11.8 Å². The van der Waals surface area contributed by atoms with Gasteiger partial charge >= 0.3 is 0 Å². The molecule has 0 atom stereocenters. The lowest BCUT2D eigenvalue weighted by Crippen LogP contribution is -2.11. The fourth-order valence-corrected chi connectivity index (χ4v) is 3.51. The minimum Gasteiger partial charge on any atom is -0.330 e. The summed E-state index contributed by atoms with van der Waals surface area (Å²) in [6, 6.07) is 15.4. The van der Waals surface area contributed by atoms with Crippen molar-refractivity contribution in [2.45, 2.75) is 11.8 Å². The van der Waals surface area contributed by atoms with Crippen molar-refractivity contribution >= 4 is 45.7 Å². The van der Waals surface area contributed by atoms with E-state index in [4.69, 9.17) is 0 Å². The Labute approximate surface area is 119 Å². The number of rotatable bonds is 1. The van der Waals surface area contributed by atoms with Crippen LogP contribution in [0.5, 0.6) is 0 Å². The van der Waals surface area contributed by atoms with E-state index in [0.29, 0.717) is 0 Å². The van der Waals surface area contributed by atoms with Crippen LogP contribution < -0.4 is 4.90 Å². The van der Waals surface area contributed by atoms with Gasteiger partial charge in [0.2, 0.25) is 0 Å². The van der Waals surface area contributed by atoms with Crippen LogP contribution in [0.3, 0.4) is 0 Å². The van der Waals surface area contributed by atoms with Crippen molar-refractivity contribution in [3.63, 3.8) is 0 Å². The number of hydrogen-bond acceptors (Lipinski definition) is 2. The Kier molecular flexibility index (Phi) is 3.04. The number of halogens is 1. The van der Waals surface area contributed by atoms with Gasteiger partial charge in [-0.15, -0.1) is 11.8 Å². The zero-order chi connectivity index (χ0) is 11.8. The van der Waals surface area contributed by atoms with Crippen molar-refractivity contribution in [3.05, 3.63) is 51.6 Å². The van der Waals surface area contributed by atoms with E-state index in [0.717, 1.165) is 5.88 Å². The maximum Gasteiger partial charge on any atom is 0.0735 e. The molecule has 3 rings (SSSR count). The summed E-state index contributed by atoms with van der Waals surface area (Å²) >= 11 is 4.25. The smallest absolute Gasteiger partial charge is 0.0735 e. The van der Waals surface area contributed by atoms with Crippen LogP contribution in [0, 0.1) is 10.5 Å². The molecular formula is C14H12INS. The molecule has 1 heterocycles. The first-order chi connectivity index (χ1) is 8.24.